The minimum absolute atomic E-state index is 0.000293. The molecule has 0 bridgehead atoms. The van der Waals surface area contributed by atoms with E-state index < -0.39 is 10.0 Å². The summed E-state index contributed by atoms with van der Waals surface area (Å²) in [5.74, 6) is 0.515. The van der Waals surface area contributed by atoms with Crippen molar-refractivity contribution >= 4 is 21.8 Å². The number of rotatable bonds is 6. The van der Waals surface area contributed by atoms with Crippen LogP contribution >= 0.6 is 0 Å². The summed E-state index contributed by atoms with van der Waals surface area (Å²) in [6, 6.07) is 4.62. The quantitative estimate of drug-likeness (QED) is 0.662. The van der Waals surface area contributed by atoms with Gasteiger partial charge in [-0.2, -0.15) is 4.31 Å². The van der Waals surface area contributed by atoms with Crippen LogP contribution in [0.2, 0.25) is 0 Å². The Kier molecular flexibility index (Phi) is 6.09. The number of piperazine rings is 1. The van der Waals surface area contributed by atoms with Crippen LogP contribution in [-0.2, 0) is 19.6 Å². The molecule has 2 saturated heterocycles. The van der Waals surface area contributed by atoms with Gasteiger partial charge in [0.25, 0.3) is 0 Å². The predicted octanol–water partition coefficient (Wildman–Crippen LogP) is 0.159. The van der Waals surface area contributed by atoms with E-state index in [9.17, 15) is 18.0 Å². The molecule has 0 atom stereocenters. The van der Waals surface area contributed by atoms with Crippen LogP contribution in [0.5, 0.6) is 11.5 Å². The lowest BCUT2D eigenvalue weighted by molar-refractivity contribution is -0.139. The first kappa shape index (κ1) is 20.4. The average Bonchev–Trinajstić information content (AvgIpc) is 3.11. The lowest BCUT2D eigenvalue weighted by Crippen LogP contribution is -2.52. The number of nitrogens with zero attached hydrogens (tertiary/aromatic N) is 3. The summed E-state index contributed by atoms with van der Waals surface area (Å²) >= 11 is 0. The molecule has 2 amide bonds. The fraction of sp³-hybridized carbons (Fsp3) is 0.556. The van der Waals surface area contributed by atoms with Crippen molar-refractivity contribution in [1.29, 1.82) is 0 Å². The SMILES string of the molecule is COc1ccc(OC)c(S(=O)(=O)N2CCN(C(=O)CN3CCCC3=O)CC2)c1. The topological polar surface area (TPSA) is 96.5 Å². The fourth-order valence-electron chi connectivity index (χ4n) is 3.44. The highest BCUT2D eigenvalue weighted by molar-refractivity contribution is 7.89. The number of amides is 2. The Morgan fingerprint density at radius 1 is 1.07 bits per heavy atom. The summed E-state index contributed by atoms with van der Waals surface area (Å²) in [7, 11) is -0.912. The summed E-state index contributed by atoms with van der Waals surface area (Å²) in [6.07, 6.45) is 1.27. The molecule has 28 heavy (non-hydrogen) atoms. The molecule has 0 spiro atoms. The number of benzene rings is 1. The van der Waals surface area contributed by atoms with E-state index in [1.807, 2.05) is 0 Å². The van der Waals surface area contributed by atoms with Crippen molar-refractivity contribution in [3.63, 3.8) is 0 Å². The summed E-state index contributed by atoms with van der Waals surface area (Å²) in [6.45, 7) is 1.60. The standard InChI is InChI=1S/C18H25N3O6S/c1-26-14-5-6-15(27-2)16(12-14)28(24,25)21-10-8-19(9-11-21)18(23)13-20-7-3-4-17(20)22/h5-6,12H,3-4,7-11,13H2,1-2H3. The zero-order chi connectivity index (χ0) is 20.3. The van der Waals surface area contributed by atoms with Gasteiger partial charge in [0.2, 0.25) is 21.8 Å². The number of hydrogen-bond acceptors (Lipinski definition) is 6. The molecule has 2 fully saturated rings. The molecule has 0 N–H and O–H groups in total. The fourth-order valence-corrected chi connectivity index (χ4v) is 5.03. The normalized spacial score (nSPS) is 18.4. The Bertz CT molecular complexity index is 849. The van der Waals surface area contributed by atoms with E-state index in [-0.39, 0.29) is 55.2 Å². The van der Waals surface area contributed by atoms with Gasteiger partial charge in [-0.05, 0) is 18.6 Å². The van der Waals surface area contributed by atoms with Crippen LogP contribution in [-0.4, -0.2) is 87.8 Å². The highest BCUT2D eigenvalue weighted by Gasteiger charge is 2.33. The molecule has 0 unspecified atom stereocenters. The van der Waals surface area contributed by atoms with Crippen LogP contribution in [0.1, 0.15) is 12.8 Å². The third kappa shape index (κ3) is 4.07. The first-order valence-electron chi connectivity index (χ1n) is 9.14. The molecule has 0 aliphatic carbocycles. The maximum Gasteiger partial charge on any atom is 0.247 e. The Morgan fingerprint density at radius 2 is 1.79 bits per heavy atom. The van der Waals surface area contributed by atoms with E-state index in [1.54, 1.807) is 21.9 Å². The number of likely N-dealkylation sites (tertiary alicyclic amines) is 1. The molecule has 0 aromatic heterocycles. The molecular formula is C18H25N3O6S. The van der Waals surface area contributed by atoms with Gasteiger partial charge >= 0.3 is 0 Å². The van der Waals surface area contributed by atoms with Gasteiger partial charge in [0.05, 0.1) is 20.8 Å². The molecule has 0 saturated carbocycles. The first-order chi connectivity index (χ1) is 13.4. The predicted molar refractivity (Wildman–Crippen MR) is 101 cm³/mol. The summed E-state index contributed by atoms with van der Waals surface area (Å²) in [4.78, 5) is 27.3. The van der Waals surface area contributed by atoms with Gasteiger partial charge < -0.3 is 19.3 Å². The van der Waals surface area contributed by atoms with Crippen molar-refractivity contribution in [3.8, 4) is 11.5 Å². The maximum absolute atomic E-state index is 13.1. The largest absolute Gasteiger partial charge is 0.497 e. The molecule has 0 radical (unpaired) electrons. The molecule has 2 heterocycles. The van der Waals surface area contributed by atoms with Gasteiger partial charge in [0, 0.05) is 45.2 Å². The van der Waals surface area contributed by atoms with Gasteiger partial charge in [0.1, 0.15) is 16.4 Å². The van der Waals surface area contributed by atoms with E-state index in [0.717, 1.165) is 6.42 Å². The molecule has 154 valence electrons. The molecule has 10 heteroatoms. The molecule has 1 aromatic rings. The van der Waals surface area contributed by atoms with Gasteiger partial charge in [-0.15, -0.1) is 0 Å². The van der Waals surface area contributed by atoms with E-state index in [0.29, 0.717) is 18.7 Å². The van der Waals surface area contributed by atoms with Gasteiger partial charge in [-0.1, -0.05) is 0 Å². The Labute approximate surface area is 164 Å². The van der Waals surface area contributed by atoms with Crippen molar-refractivity contribution in [2.75, 3.05) is 53.5 Å². The average molecular weight is 411 g/mol. The highest BCUT2D eigenvalue weighted by atomic mass is 32.2. The van der Waals surface area contributed by atoms with E-state index in [2.05, 4.69) is 0 Å². The maximum atomic E-state index is 13.1. The lowest BCUT2D eigenvalue weighted by atomic mass is 10.3. The van der Waals surface area contributed by atoms with E-state index in [4.69, 9.17) is 9.47 Å². The van der Waals surface area contributed by atoms with E-state index >= 15 is 0 Å². The van der Waals surface area contributed by atoms with Crippen molar-refractivity contribution in [2.45, 2.75) is 17.7 Å². The number of ether oxygens (including phenoxy) is 2. The number of sulfonamides is 1. The van der Waals surface area contributed by atoms with E-state index in [1.165, 1.54) is 24.6 Å². The zero-order valence-corrected chi connectivity index (χ0v) is 16.9. The van der Waals surface area contributed by atoms with Crippen molar-refractivity contribution in [2.24, 2.45) is 0 Å². The Balaban J connectivity index is 1.67. The minimum Gasteiger partial charge on any atom is -0.497 e. The second kappa shape index (κ2) is 8.36. The van der Waals surface area contributed by atoms with Gasteiger partial charge in [-0.25, -0.2) is 8.42 Å². The molecule has 2 aliphatic heterocycles. The third-order valence-electron chi connectivity index (χ3n) is 5.08. The molecular weight excluding hydrogens is 386 g/mol. The van der Waals surface area contributed by atoms with Crippen LogP contribution in [0.3, 0.4) is 0 Å². The second-order valence-electron chi connectivity index (χ2n) is 6.72. The first-order valence-corrected chi connectivity index (χ1v) is 10.6. The van der Waals surface area contributed by atoms with Crippen LogP contribution in [0.25, 0.3) is 0 Å². The Morgan fingerprint density at radius 3 is 2.36 bits per heavy atom. The molecule has 2 aliphatic rings. The zero-order valence-electron chi connectivity index (χ0n) is 16.1. The highest BCUT2D eigenvalue weighted by Crippen LogP contribution is 2.31. The smallest absolute Gasteiger partial charge is 0.247 e. The van der Waals surface area contributed by atoms with Crippen LogP contribution in [0.15, 0.2) is 23.1 Å². The monoisotopic (exact) mass is 411 g/mol. The van der Waals surface area contributed by atoms with Crippen LogP contribution in [0, 0.1) is 0 Å². The number of carbonyl (C=O) groups excluding carboxylic acids is 2. The second-order valence-corrected chi connectivity index (χ2v) is 8.63. The van der Waals surface area contributed by atoms with Gasteiger partial charge in [0.15, 0.2) is 0 Å². The summed E-state index contributed by atoms with van der Waals surface area (Å²) < 4.78 is 37.8. The lowest BCUT2D eigenvalue weighted by Gasteiger charge is -2.35. The molecule has 3 rings (SSSR count). The van der Waals surface area contributed by atoms with Crippen LogP contribution in [0.4, 0.5) is 0 Å². The van der Waals surface area contributed by atoms with Crippen LogP contribution < -0.4 is 9.47 Å². The number of hydrogen-bond donors (Lipinski definition) is 0. The molecule has 1 aromatic carbocycles. The van der Waals surface area contributed by atoms with Crippen molar-refractivity contribution < 1.29 is 27.5 Å². The summed E-state index contributed by atoms with van der Waals surface area (Å²) in [5.41, 5.74) is 0. The van der Waals surface area contributed by atoms with Crippen molar-refractivity contribution in [1.82, 2.24) is 14.1 Å². The third-order valence-corrected chi connectivity index (χ3v) is 7.00. The van der Waals surface area contributed by atoms with Crippen molar-refractivity contribution in [3.05, 3.63) is 18.2 Å². The van der Waals surface area contributed by atoms with Gasteiger partial charge in [-0.3, -0.25) is 9.59 Å². The molecule has 9 nitrogen and oxygen atoms in total. The Hall–Kier alpha value is -2.33. The number of methoxy groups -OCH3 is 2. The number of carbonyl (C=O) groups is 2. The minimum atomic E-state index is -3.79. The summed E-state index contributed by atoms with van der Waals surface area (Å²) in [5, 5.41) is 0.